The molecule has 1 atom stereocenters. The molecule has 3 rings (SSSR count). The maximum Gasteiger partial charge on any atom is 0.335 e. The van der Waals surface area contributed by atoms with E-state index in [-0.39, 0.29) is 22.9 Å². The van der Waals surface area contributed by atoms with Crippen LogP contribution in [0.15, 0.2) is 60.2 Å². The summed E-state index contributed by atoms with van der Waals surface area (Å²) in [6.07, 6.45) is -0.0562. The Morgan fingerprint density at radius 1 is 1.13 bits per heavy atom. The predicted octanol–water partition coefficient (Wildman–Crippen LogP) is 1.95. The van der Waals surface area contributed by atoms with Crippen molar-refractivity contribution in [1.82, 2.24) is 5.43 Å². The normalized spacial score (nSPS) is 16.6. The predicted molar refractivity (Wildman–Crippen MR) is 114 cm³/mol. The lowest BCUT2D eigenvalue weighted by Gasteiger charge is -2.15. The third-order valence-electron chi connectivity index (χ3n) is 4.26. The fourth-order valence-electron chi connectivity index (χ4n) is 2.74. The van der Waals surface area contributed by atoms with Crippen molar-refractivity contribution < 1.29 is 24.6 Å². The van der Waals surface area contributed by atoms with Gasteiger partial charge in [-0.05, 0) is 54.1 Å². The van der Waals surface area contributed by atoms with Crippen LogP contribution in [0.5, 0.6) is 5.75 Å². The number of carbonyl (C=O) groups is 3. The molecule has 2 amide bonds. The summed E-state index contributed by atoms with van der Waals surface area (Å²) in [7, 11) is 0. The molecule has 0 bridgehead atoms. The number of hydrogen-bond donors (Lipinski definition) is 4. The van der Waals surface area contributed by atoms with Crippen molar-refractivity contribution in [2.75, 3.05) is 4.90 Å². The van der Waals surface area contributed by atoms with Crippen LogP contribution in [0.4, 0.5) is 5.69 Å². The molecule has 2 aromatic carbocycles. The van der Waals surface area contributed by atoms with Gasteiger partial charge in [0.2, 0.25) is 11.8 Å². The summed E-state index contributed by atoms with van der Waals surface area (Å²) >= 11 is 0.943. The standard InChI is InChI=1S/C20H18N4O5S/c1-11(12-4-8-15(25)9-5-12)22-23-20(21)30-16-10-17(26)24(18(16)27)14-6-2-13(3-7-14)19(28)29/h2-9,16,22,25H,1,10H2,(H2,21,23)(H,28,29)/t16-/m1/s1. The summed E-state index contributed by atoms with van der Waals surface area (Å²) in [5.41, 5.74) is 10.0. The zero-order valence-corrected chi connectivity index (χ0v) is 16.4. The van der Waals surface area contributed by atoms with Crippen molar-refractivity contribution in [2.24, 2.45) is 10.8 Å². The number of hydrazone groups is 1. The van der Waals surface area contributed by atoms with Gasteiger partial charge >= 0.3 is 5.97 Å². The number of phenols is 1. The van der Waals surface area contributed by atoms with E-state index in [4.69, 9.17) is 10.8 Å². The number of thioether (sulfide) groups is 1. The molecule has 154 valence electrons. The minimum absolute atomic E-state index is 0.0455. The maximum absolute atomic E-state index is 12.7. The van der Waals surface area contributed by atoms with Gasteiger partial charge in [0.25, 0.3) is 0 Å². The van der Waals surface area contributed by atoms with Crippen LogP contribution < -0.4 is 16.1 Å². The number of anilines is 1. The van der Waals surface area contributed by atoms with E-state index >= 15 is 0 Å². The second-order valence-corrected chi connectivity index (χ2v) is 7.54. The number of carbonyl (C=O) groups excluding carboxylic acids is 2. The number of amides is 2. The minimum atomic E-state index is -1.10. The molecule has 0 radical (unpaired) electrons. The van der Waals surface area contributed by atoms with Gasteiger partial charge in [0.1, 0.15) is 11.0 Å². The summed E-state index contributed by atoms with van der Waals surface area (Å²) in [5.74, 6) is -1.84. The second kappa shape index (κ2) is 8.70. The number of benzene rings is 2. The van der Waals surface area contributed by atoms with Crippen LogP contribution in [0.3, 0.4) is 0 Å². The molecule has 2 aromatic rings. The fraction of sp³-hybridized carbons (Fsp3) is 0.100. The number of nitrogens with zero attached hydrogens (tertiary/aromatic N) is 2. The number of nitrogens with one attached hydrogen (secondary N) is 1. The number of carboxylic acid groups (broad SMARTS) is 1. The largest absolute Gasteiger partial charge is 0.508 e. The molecule has 1 saturated heterocycles. The first-order chi connectivity index (χ1) is 14.3. The topological polar surface area (TPSA) is 145 Å². The molecule has 0 unspecified atom stereocenters. The Kier molecular flexibility index (Phi) is 6.07. The molecule has 1 heterocycles. The molecular weight excluding hydrogens is 408 g/mol. The first-order valence-electron chi connectivity index (χ1n) is 8.70. The number of imide groups is 1. The van der Waals surface area contributed by atoms with Gasteiger partial charge in [0, 0.05) is 6.42 Å². The van der Waals surface area contributed by atoms with Crippen LogP contribution in [0.2, 0.25) is 0 Å². The zero-order valence-electron chi connectivity index (χ0n) is 15.6. The lowest BCUT2D eigenvalue weighted by molar-refractivity contribution is -0.121. The van der Waals surface area contributed by atoms with E-state index in [1.54, 1.807) is 12.1 Å². The lowest BCUT2D eigenvalue weighted by atomic mass is 10.2. The van der Waals surface area contributed by atoms with Crippen LogP contribution in [0, 0.1) is 0 Å². The summed E-state index contributed by atoms with van der Waals surface area (Å²) in [6.45, 7) is 3.82. The molecule has 30 heavy (non-hydrogen) atoms. The Morgan fingerprint density at radius 3 is 2.33 bits per heavy atom. The zero-order chi connectivity index (χ0) is 21.8. The Labute approximate surface area is 175 Å². The van der Waals surface area contributed by atoms with E-state index in [1.807, 2.05) is 0 Å². The molecule has 1 aliphatic rings. The lowest BCUT2D eigenvalue weighted by Crippen LogP contribution is -2.32. The third kappa shape index (κ3) is 4.61. The van der Waals surface area contributed by atoms with Gasteiger partial charge in [-0.3, -0.25) is 15.0 Å². The van der Waals surface area contributed by atoms with Crippen molar-refractivity contribution in [3.05, 3.63) is 66.2 Å². The highest BCUT2D eigenvalue weighted by molar-refractivity contribution is 8.14. The summed E-state index contributed by atoms with van der Waals surface area (Å²) < 4.78 is 0. The van der Waals surface area contributed by atoms with Gasteiger partial charge in [-0.25, -0.2) is 9.69 Å². The first-order valence-corrected chi connectivity index (χ1v) is 9.58. The number of hydrogen-bond acceptors (Lipinski definition) is 7. The Morgan fingerprint density at radius 2 is 1.73 bits per heavy atom. The van der Waals surface area contributed by atoms with Crippen molar-refractivity contribution >= 4 is 46.1 Å². The van der Waals surface area contributed by atoms with Gasteiger partial charge in [0.05, 0.1) is 16.9 Å². The Balaban J connectivity index is 1.63. The number of amidine groups is 1. The van der Waals surface area contributed by atoms with E-state index < -0.39 is 23.0 Å². The Bertz CT molecular complexity index is 1030. The molecule has 10 heteroatoms. The minimum Gasteiger partial charge on any atom is -0.508 e. The van der Waals surface area contributed by atoms with Crippen LogP contribution in [-0.2, 0) is 9.59 Å². The fourth-order valence-corrected chi connectivity index (χ4v) is 3.56. The molecular formula is C20H18N4O5S. The van der Waals surface area contributed by atoms with Crippen LogP contribution in [-0.4, -0.2) is 38.4 Å². The number of carboxylic acids is 1. The van der Waals surface area contributed by atoms with Crippen molar-refractivity contribution in [3.8, 4) is 5.75 Å². The van der Waals surface area contributed by atoms with Gasteiger partial charge in [-0.15, -0.1) is 0 Å². The van der Waals surface area contributed by atoms with Gasteiger partial charge in [-0.2, -0.15) is 5.10 Å². The monoisotopic (exact) mass is 426 g/mol. The highest BCUT2D eigenvalue weighted by atomic mass is 32.2. The van der Waals surface area contributed by atoms with Gasteiger partial charge < -0.3 is 15.9 Å². The first kappa shape index (κ1) is 20.9. The molecule has 0 aliphatic carbocycles. The molecule has 0 saturated carbocycles. The molecule has 1 aliphatic heterocycles. The van der Waals surface area contributed by atoms with Crippen LogP contribution in [0.25, 0.3) is 5.70 Å². The summed E-state index contributed by atoms with van der Waals surface area (Å²) in [6, 6.07) is 11.8. The number of rotatable bonds is 6. The molecule has 9 nitrogen and oxygen atoms in total. The smallest absolute Gasteiger partial charge is 0.335 e. The Hall–Kier alpha value is -3.79. The van der Waals surface area contributed by atoms with E-state index in [0.29, 0.717) is 16.9 Å². The van der Waals surface area contributed by atoms with E-state index in [9.17, 15) is 19.5 Å². The van der Waals surface area contributed by atoms with Gasteiger partial charge in [-0.1, -0.05) is 18.3 Å². The number of phenolic OH excluding ortho intramolecular Hbond substituents is 1. The number of nitrogens with two attached hydrogens (primary N) is 1. The third-order valence-corrected chi connectivity index (χ3v) is 5.24. The number of aromatic carboxylic acids is 1. The van der Waals surface area contributed by atoms with E-state index in [2.05, 4.69) is 17.1 Å². The second-order valence-electron chi connectivity index (χ2n) is 6.32. The van der Waals surface area contributed by atoms with Crippen molar-refractivity contribution in [1.29, 1.82) is 0 Å². The van der Waals surface area contributed by atoms with Crippen LogP contribution >= 0.6 is 11.8 Å². The van der Waals surface area contributed by atoms with E-state index in [0.717, 1.165) is 16.7 Å². The van der Waals surface area contributed by atoms with Crippen LogP contribution in [0.1, 0.15) is 22.3 Å². The average molecular weight is 426 g/mol. The van der Waals surface area contributed by atoms with Crippen molar-refractivity contribution in [3.63, 3.8) is 0 Å². The molecule has 1 fully saturated rings. The van der Waals surface area contributed by atoms with Gasteiger partial charge in [0.15, 0.2) is 5.17 Å². The van der Waals surface area contributed by atoms with Crippen molar-refractivity contribution in [2.45, 2.75) is 11.7 Å². The SMILES string of the molecule is C=C(NN=C(N)S[C@@H]1CC(=O)N(c2ccc(C(=O)O)cc2)C1=O)c1ccc(O)cc1. The van der Waals surface area contributed by atoms with E-state index in [1.165, 1.54) is 36.4 Å². The molecule has 0 spiro atoms. The maximum atomic E-state index is 12.7. The average Bonchev–Trinajstić information content (AvgIpc) is 2.99. The highest BCUT2D eigenvalue weighted by Gasteiger charge is 2.40. The molecule has 0 aromatic heterocycles. The number of aromatic hydroxyl groups is 1. The summed E-state index contributed by atoms with van der Waals surface area (Å²) in [5, 5.41) is 21.5. The summed E-state index contributed by atoms with van der Waals surface area (Å²) in [4.78, 5) is 36.9. The highest BCUT2D eigenvalue weighted by Crippen LogP contribution is 2.30. The molecule has 5 N–H and O–H groups in total. The quantitative estimate of drug-likeness (QED) is 0.237.